The first-order chi connectivity index (χ1) is 10.1. The second-order valence-electron chi connectivity index (χ2n) is 4.77. The fraction of sp³-hybridized carbons (Fsp3) is 0.294. The van der Waals surface area contributed by atoms with Crippen LogP contribution in [0.4, 0.5) is 0 Å². The van der Waals surface area contributed by atoms with Gasteiger partial charge in [-0.15, -0.1) is 0 Å². The van der Waals surface area contributed by atoms with Crippen LogP contribution in [0.25, 0.3) is 0 Å². The Bertz CT molecular complexity index is 580. The summed E-state index contributed by atoms with van der Waals surface area (Å²) in [5, 5.41) is 10.5. The van der Waals surface area contributed by atoms with E-state index in [-0.39, 0.29) is 0 Å². The topological polar surface area (TPSA) is 47.9 Å². The standard InChI is InChI=1S/C17H20O4/c1-11-5-7-12(8-6-11)16(18)13-9-14(19-2)17(21-4)15(10-13)20-3/h5-10,16,18H,1-4H3. The minimum Gasteiger partial charge on any atom is -0.493 e. The molecule has 0 bridgehead atoms. The number of rotatable bonds is 5. The zero-order valence-electron chi connectivity index (χ0n) is 12.7. The van der Waals surface area contributed by atoms with Crippen LogP contribution < -0.4 is 14.2 Å². The van der Waals surface area contributed by atoms with Crippen molar-refractivity contribution >= 4 is 0 Å². The molecule has 1 atom stereocenters. The van der Waals surface area contributed by atoms with Crippen molar-refractivity contribution < 1.29 is 19.3 Å². The quantitative estimate of drug-likeness (QED) is 0.918. The molecule has 0 amide bonds. The van der Waals surface area contributed by atoms with Crippen LogP contribution in [0, 0.1) is 6.92 Å². The number of aliphatic hydroxyl groups is 1. The molecule has 2 aromatic carbocycles. The average molecular weight is 288 g/mol. The van der Waals surface area contributed by atoms with E-state index in [1.54, 1.807) is 33.5 Å². The van der Waals surface area contributed by atoms with Crippen molar-refractivity contribution in [2.75, 3.05) is 21.3 Å². The van der Waals surface area contributed by atoms with E-state index in [4.69, 9.17) is 14.2 Å². The van der Waals surface area contributed by atoms with E-state index in [2.05, 4.69) is 0 Å². The molecule has 0 aliphatic heterocycles. The van der Waals surface area contributed by atoms with Crippen molar-refractivity contribution in [2.45, 2.75) is 13.0 Å². The molecule has 0 aromatic heterocycles. The van der Waals surface area contributed by atoms with Gasteiger partial charge in [-0.1, -0.05) is 29.8 Å². The Hall–Kier alpha value is -2.20. The van der Waals surface area contributed by atoms with Gasteiger partial charge in [0.2, 0.25) is 5.75 Å². The first-order valence-corrected chi connectivity index (χ1v) is 6.65. The van der Waals surface area contributed by atoms with E-state index < -0.39 is 6.10 Å². The third-order valence-corrected chi connectivity index (χ3v) is 3.40. The van der Waals surface area contributed by atoms with Crippen LogP contribution in [-0.4, -0.2) is 26.4 Å². The summed E-state index contributed by atoms with van der Waals surface area (Å²) in [5.41, 5.74) is 2.65. The summed E-state index contributed by atoms with van der Waals surface area (Å²) < 4.78 is 15.9. The lowest BCUT2D eigenvalue weighted by atomic mass is 10.00. The summed E-state index contributed by atoms with van der Waals surface area (Å²) in [7, 11) is 4.66. The van der Waals surface area contributed by atoms with Gasteiger partial charge in [0.05, 0.1) is 21.3 Å². The molecule has 0 fully saturated rings. The largest absolute Gasteiger partial charge is 0.493 e. The number of benzene rings is 2. The highest BCUT2D eigenvalue weighted by Crippen LogP contribution is 2.40. The lowest BCUT2D eigenvalue weighted by molar-refractivity contribution is 0.218. The maximum absolute atomic E-state index is 10.5. The van der Waals surface area contributed by atoms with Gasteiger partial charge in [-0.2, -0.15) is 0 Å². The van der Waals surface area contributed by atoms with Crippen molar-refractivity contribution in [3.63, 3.8) is 0 Å². The van der Waals surface area contributed by atoms with Crippen LogP contribution >= 0.6 is 0 Å². The van der Waals surface area contributed by atoms with Crippen molar-refractivity contribution in [3.05, 3.63) is 53.1 Å². The van der Waals surface area contributed by atoms with Gasteiger partial charge in [-0.3, -0.25) is 0 Å². The van der Waals surface area contributed by atoms with Gasteiger partial charge in [-0.05, 0) is 30.2 Å². The molecule has 0 heterocycles. The third-order valence-electron chi connectivity index (χ3n) is 3.40. The fourth-order valence-corrected chi connectivity index (χ4v) is 2.20. The molecule has 0 radical (unpaired) electrons. The minimum atomic E-state index is -0.751. The summed E-state index contributed by atoms with van der Waals surface area (Å²) in [5.74, 6) is 1.57. The molecule has 4 heteroatoms. The second-order valence-corrected chi connectivity index (χ2v) is 4.77. The van der Waals surface area contributed by atoms with Crippen LogP contribution in [0.3, 0.4) is 0 Å². The van der Waals surface area contributed by atoms with Crippen molar-refractivity contribution in [2.24, 2.45) is 0 Å². The molecule has 21 heavy (non-hydrogen) atoms. The molecule has 112 valence electrons. The predicted octanol–water partition coefficient (Wildman–Crippen LogP) is 3.10. The number of hydrogen-bond donors (Lipinski definition) is 1. The zero-order chi connectivity index (χ0) is 15.4. The van der Waals surface area contributed by atoms with Gasteiger partial charge < -0.3 is 19.3 Å². The normalized spacial score (nSPS) is 11.9. The Balaban J connectivity index is 2.45. The Morgan fingerprint density at radius 3 is 1.76 bits per heavy atom. The van der Waals surface area contributed by atoms with E-state index in [9.17, 15) is 5.11 Å². The summed E-state index contributed by atoms with van der Waals surface area (Å²) >= 11 is 0. The highest BCUT2D eigenvalue weighted by Gasteiger charge is 2.18. The Kier molecular flexibility index (Phi) is 4.70. The Labute approximate surface area is 124 Å². The van der Waals surface area contributed by atoms with Gasteiger partial charge in [0.1, 0.15) is 6.10 Å². The summed E-state index contributed by atoms with van der Waals surface area (Å²) in [4.78, 5) is 0. The lowest BCUT2D eigenvalue weighted by Gasteiger charge is -2.17. The maximum Gasteiger partial charge on any atom is 0.203 e. The molecule has 0 spiro atoms. The Morgan fingerprint density at radius 1 is 0.810 bits per heavy atom. The molecule has 2 aromatic rings. The second kappa shape index (κ2) is 6.50. The van der Waals surface area contributed by atoms with Crippen molar-refractivity contribution in [1.29, 1.82) is 0 Å². The van der Waals surface area contributed by atoms with E-state index in [1.165, 1.54) is 0 Å². The summed E-state index contributed by atoms with van der Waals surface area (Å²) in [6.07, 6.45) is -0.751. The van der Waals surface area contributed by atoms with E-state index >= 15 is 0 Å². The zero-order valence-corrected chi connectivity index (χ0v) is 12.7. The molecular formula is C17H20O4. The molecule has 0 aliphatic rings. The highest BCUT2D eigenvalue weighted by atomic mass is 16.5. The van der Waals surface area contributed by atoms with Gasteiger partial charge in [0, 0.05) is 0 Å². The average Bonchev–Trinajstić information content (AvgIpc) is 2.53. The molecule has 2 rings (SSSR count). The van der Waals surface area contributed by atoms with Crippen LogP contribution in [-0.2, 0) is 0 Å². The van der Waals surface area contributed by atoms with E-state index in [1.807, 2.05) is 31.2 Å². The first-order valence-electron chi connectivity index (χ1n) is 6.65. The molecule has 1 unspecified atom stereocenters. The summed E-state index contributed by atoms with van der Waals surface area (Å²) in [6, 6.07) is 11.3. The monoisotopic (exact) mass is 288 g/mol. The fourth-order valence-electron chi connectivity index (χ4n) is 2.20. The predicted molar refractivity (Wildman–Crippen MR) is 81.3 cm³/mol. The third kappa shape index (κ3) is 3.11. The smallest absolute Gasteiger partial charge is 0.203 e. The van der Waals surface area contributed by atoms with Crippen LogP contribution in [0.2, 0.25) is 0 Å². The van der Waals surface area contributed by atoms with E-state index in [0.29, 0.717) is 22.8 Å². The first kappa shape index (κ1) is 15.2. The van der Waals surface area contributed by atoms with Crippen LogP contribution in [0.15, 0.2) is 36.4 Å². The number of aryl methyl sites for hydroxylation is 1. The van der Waals surface area contributed by atoms with E-state index in [0.717, 1.165) is 11.1 Å². The molecular weight excluding hydrogens is 268 g/mol. The lowest BCUT2D eigenvalue weighted by Crippen LogP contribution is -2.03. The molecule has 1 N–H and O–H groups in total. The maximum atomic E-state index is 10.5. The van der Waals surface area contributed by atoms with Crippen molar-refractivity contribution in [3.8, 4) is 17.2 Å². The summed E-state index contributed by atoms with van der Waals surface area (Å²) in [6.45, 7) is 2.01. The van der Waals surface area contributed by atoms with Crippen LogP contribution in [0.1, 0.15) is 22.8 Å². The number of ether oxygens (including phenoxy) is 3. The number of methoxy groups -OCH3 is 3. The number of hydrogen-bond acceptors (Lipinski definition) is 4. The molecule has 4 nitrogen and oxygen atoms in total. The molecule has 0 saturated heterocycles. The number of aliphatic hydroxyl groups excluding tert-OH is 1. The minimum absolute atomic E-state index is 0.514. The van der Waals surface area contributed by atoms with Gasteiger partial charge in [-0.25, -0.2) is 0 Å². The van der Waals surface area contributed by atoms with Crippen molar-refractivity contribution in [1.82, 2.24) is 0 Å². The highest BCUT2D eigenvalue weighted by molar-refractivity contribution is 5.55. The Morgan fingerprint density at radius 2 is 1.33 bits per heavy atom. The van der Waals surface area contributed by atoms with Crippen LogP contribution in [0.5, 0.6) is 17.2 Å². The van der Waals surface area contributed by atoms with Gasteiger partial charge >= 0.3 is 0 Å². The van der Waals surface area contributed by atoms with Gasteiger partial charge in [0.15, 0.2) is 11.5 Å². The van der Waals surface area contributed by atoms with Gasteiger partial charge in [0.25, 0.3) is 0 Å². The SMILES string of the molecule is COc1cc(C(O)c2ccc(C)cc2)cc(OC)c1OC. The molecule has 0 aliphatic carbocycles. The molecule has 0 saturated carbocycles.